The second-order valence-corrected chi connectivity index (χ2v) is 4.71. The summed E-state index contributed by atoms with van der Waals surface area (Å²) in [7, 11) is 1.52. The molecule has 0 radical (unpaired) electrons. The lowest BCUT2D eigenvalue weighted by atomic mass is 10.2. The number of phenols is 1. The lowest BCUT2D eigenvalue weighted by molar-refractivity contribution is 0.373. The molecule has 0 saturated carbocycles. The Labute approximate surface area is 108 Å². The first-order valence-electron chi connectivity index (χ1n) is 5.37. The van der Waals surface area contributed by atoms with Crippen LogP contribution in [0.4, 0.5) is 0 Å². The normalized spacial score (nSPS) is 10.7. The highest BCUT2D eigenvalue weighted by Crippen LogP contribution is 2.34. The molecule has 3 rings (SSSR count). The minimum absolute atomic E-state index is 0.113. The second-order valence-electron chi connectivity index (χ2n) is 3.73. The number of methoxy groups -OCH3 is 1. The number of pyridine rings is 1. The molecule has 0 spiro atoms. The molecule has 3 aromatic rings. The first-order valence-corrected chi connectivity index (χ1v) is 6.18. The molecular formula is C13H10N2O2S. The highest BCUT2D eigenvalue weighted by Gasteiger charge is 2.09. The first-order chi connectivity index (χ1) is 8.78. The maximum absolute atomic E-state index is 9.76. The summed E-state index contributed by atoms with van der Waals surface area (Å²) in [6.07, 6.45) is 1.75. The van der Waals surface area contributed by atoms with E-state index >= 15 is 0 Å². The smallest absolute Gasteiger partial charge is 0.160 e. The summed E-state index contributed by atoms with van der Waals surface area (Å²) < 4.78 is 5.02. The molecule has 0 saturated heterocycles. The minimum Gasteiger partial charge on any atom is -0.504 e. The van der Waals surface area contributed by atoms with Crippen molar-refractivity contribution in [3.63, 3.8) is 0 Å². The van der Waals surface area contributed by atoms with E-state index in [4.69, 9.17) is 4.74 Å². The first kappa shape index (κ1) is 11.0. The standard InChI is InChI=1S/C13H10N2O2S/c1-17-11-5-4-8(7-10(11)16)12-15-9-3-2-6-14-13(9)18-12/h2-7,16H,1H3. The lowest BCUT2D eigenvalue weighted by Crippen LogP contribution is -1.84. The van der Waals surface area contributed by atoms with E-state index in [2.05, 4.69) is 9.97 Å². The van der Waals surface area contributed by atoms with Gasteiger partial charge in [-0.15, -0.1) is 0 Å². The van der Waals surface area contributed by atoms with Gasteiger partial charge in [-0.3, -0.25) is 0 Å². The van der Waals surface area contributed by atoms with E-state index in [1.807, 2.05) is 18.2 Å². The van der Waals surface area contributed by atoms with Crippen LogP contribution in [-0.2, 0) is 0 Å². The topological polar surface area (TPSA) is 55.2 Å². The summed E-state index contributed by atoms with van der Waals surface area (Å²) >= 11 is 1.50. The molecule has 2 aromatic heterocycles. The van der Waals surface area contributed by atoms with E-state index in [9.17, 15) is 5.11 Å². The molecule has 2 heterocycles. The monoisotopic (exact) mass is 258 g/mol. The molecule has 0 bridgehead atoms. The largest absolute Gasteiger partial charge is 0.504 e. The number of hydrogen-bond acceptors (Lipinski definition) is 5. The zero-order valence-corrected chi connectivity index (χ0v) is 10.4. The third-order valence-electron chi connectivity index (χ3n) is 2.59. The van der Waals surface area contributed by atoms with Crippen LogP contribution < -0.4 is 4.74 Å². The van der Waals surface area contributed by atoms with Gasteiger partial charge in [0, 0.05) is 11.8 Å². The number of aromatic nitrogens is 2. The van der Waals surface area contributed by atoms with Crippen molar-refractivity contribution in [2.75, 3.05) is 7.11 Å². The van der Waals surface area contributed by atoms with Gasteiger partial charge in [-0.2, -0.15) is 0 Å². The van der Waals surface area contributed by atoms with Crippen molar-refractivity contribution in [1.29, 1.82) is 0 Å². The van der Waals surface area contributed by atoms with Gasteiger partial charge in [-0.1, -0.05) is 11.3 Å². The van der Waals surface area contributed by atoms with E-state index < -0.39 is 0 Å². The van der Waals surface area contributed by atoms with Crippen LogP contribution >= 0.6 is 11.3 Å². The number of rotatable bonds is 2. The van der Waals surface area contributed by atoms with Crippen LogP contribution in [0.15, 0.2) is 36.5 Å². The molecule has 0 aliphatic carbocycles. The Morgan fingerprint density at radius 3 is 2.89 bits per heavy atom. The molecule has 90 valence electrons. The number of phenolic OH excluding ortho intramolecular Hbond substituents is 1. The predicted octanol–water partition coefficient (Wildman–Crippen LogP) is 3.07. The number of benzene rings is 1. The highest BCUT2D eigenvalue weighted by molar-refractivity contribution is 7.21. The third kappa shape index (κ3) is 1.78. The van der Waals surface area contributed by atoms with Gasteiger partial charge in [0.05, 0.1) is 7.11 Å². The number of nitrogens with zero attached hydrogens (tertiary/aromatic N) is 2. The summed E-state index contributed by atoms with van der Waals surface area (Å²) in [5.41, 5.74) is 1.73. The Hall–Kier alpha value is -2.14. The van der Waals surface area contributed by atoms with Gasteiger partial charge in [0.15, 0.2) is 11.5 Å². The van der Waals surface area contributed by atoms with Crippen LogP contribution in [0.2, 0.25) is 0 Å². The van der Waals surface area contributed by atoms with Crippen LogP contribution in [0.25, 0.3) is 20.9 Å². The summed E-state index contributed by atoms with van der Waals surface area (Å²) in [6.45, 7) is 0. The second kappa shape index (κ2) is 4.27. The van der Waals surface area contributed by atoms with Crippen LogP contribution in [0.3, 0.4) is 0 Å². The molecule has 5 heteroatoms. The van der Waals surface area contributed by atoms with Crippen LogP contribution in [0, 0.1) is 0 Å². The van der Waals surface area contributed by atoms with Crippen molar-refractivity contribution in [2.45, 2.75) is 0 Å². The van der Waals surface area contributed by atoms with Gasteiger partial charge >= 0.3 is 0 Å². The molecule has 0 aliphatic heterocycles. The van der Waals surface area contributed by atoms with Crippen molar-refractivity contribution < 1.29 is 9.84 Å². The van der Waals surface area contributed by atoms with Crippen molar-refractivity contribution in [3.05, 3.63) is 36.5 Å². The molecule has 0 aliphatic rings. The maximum atomic E-state index is 9.76. The minimum atomic E-state index is 0.113. The number of ether oxygens (including phenoxy) is 1. The van der Waals surface area contributed by atoms with Crippen molar-refractivity contribution in [2.24, 2.45) is 0 Å². The van der Waals surface area contributed by atoms with Crippen LogP contribution in [-0.4, -0.2) is 22.2 Å². The zero-order chi connectivity index (χ0) is 12.5. The molecule has 1 N–H and O–H groups in total. The van der Waals surface area contributed by atoms with Crippen LogP contribution in [0.5, 0.6) is 11.5 Å². The molecule has 18 heavy (non-hydrogen) atoms. The fraction of sp³-hybridized carbons (Fsp3) is 0.0769. The summed E-state index contributed by atoms with van der Waals surface area (Å²) in [6, 6.07) is 9.03. The van der Waals surface area contributed by atoms with Crippen molar-refractivity contribution in [3.8, 4) is 22.1 Å². The van der Waals surface area contributed by atoms with Gasteiger partial charge in [-0.25, -0.2) is 9.97 Å². The van der Waals surface area contributed by atoms with Gasteiger partial charge in [0.2, 0.25) is 0 Å². The third-order valence-corrected chi connectivity index (χ3v) is 3.62. The van der Waals surface area contributed by atoms with Gasteiger partial charge < -0.3 is 9.84 Å². The number of fused-ring (bicyclic) bond motifs is 1. The van der Waals surface area contributed by atoms with Gasteiger partial charge in [0.25, 0.3) is 0 Å². The highest BCUT2D eigenvalue weighted by atomic mass is 32.1. The van der Waals surface area contributed by atoms with E-state index in [0.717, 1.165) is 20.9 Å². The molecule has 0 unspecified atom stereocenters. The summed E-state index contributed by atoms with van der Waals surface area (Å²) in [5, 5.41) is 10.6. The van der Waals surface area contributed by atoms with E-state index in [1.54, 1.807) is 18.3 Å². The van der Waals surface area contributed by atoms with E-state index in [1.165, 1.54) is 18.4 Å². The summed E-state index contributed by atoms with van der Waals surface area (Å²) in [4.78, 5) is 9.63. The Balaban J connectivity index is 2.11. The SMILES string of the molecule is COc1ccc(-c2nc3cccnc3s2)cc1O. The van der Waals surface area contributed by atoms with Crippen molar-refractivity contribution >= 4 is 21.7 Å². The Morgan fingerprint density at radius 2 is 2.17 bits per heavy atom. The van der Waals surface area contributed by atoms with Crippen molar-refractivity contribution in [1.82, 2.24) is 9.97 Å². The number of thiazole rings is 1. The predicted molar refractivity (Wildman–Crippen MR) is 71.1 cm³/mol. The molecule has 1 aromatic carbocycles. The fourth-order valence-corrected chi connectivity index (χ4v) is 2.62. The molecule has 4 nitrogen and oxygen atoms in total. The molecule has 0 amide bonds. The zero-order valence-electron chi connectivity index (χ0n) is 9.62. The average Bonchev–Trinajstić information content (AvgIpc) is 2.82. The Kier molecular flexibility index (Phi) is 2.60. The quantitative estimate of drug-likeness (QED) is 0.767. The molecular weight excluding hydrogens is 248 g/mol. The number of hydrogen-bond donors (Lipinski definition) is 1. The van der Waals surface area contributed by atoms with Gasteiger partial charge in [-0.05, 0) is 30.3 Å². The number of aromatic hydroxyl groups is 1. The lowest BCUT2D eigenvalue weighted by Gasteiger charge is -2.03. The Bertz CT molecular complexity index is 676. The van der Waals surface area contributed by atoms with E-state index in [0.29, 0.717) is 5.75 Å². The molecule has 0 fully saturated rings. The fourth-order valence-electron chi connectivity index (χ4n) is 1.72. The molecule has 0 atom stereocenters. The van der Waals surface area contributed by atoms with Crippen LogP contribution in [0.1, 0.15) is 0 Å². The summed E-state index contributed by atoms with van der Waals surface area (Å²) in [5.74, 6) is 0.570. The van der Waals surface area contributed by atoms with E-state index in [-0.39, 0.29) is 5.75 Å². The maximum Gasteiger partial charge on any atom is 0.160 e. The Morgan fingerprint density at radius 1 is 1.28 bits per heavy atom. The van der Waals surface area contributed by atoms with Gasteiger partial charge in [0.1, 0.15) is 15.4 Å². The average molecular weight is 258 g/mol.